The quantitative estimate of drug-likeness (QED) is 0.176. The van der Waals surface area contributed by atoms with E-state index in [2.05, 4.69) is 30.8 Å². The number of hydrogen-bond donors (Lipinski definition) is 0. The minimum absolute atomic E-state index is 0.0749. The summed E-state index contributed by atoms with van der Waals surface area (Å²) in [7, 11) is 0. The molecule has 2 aliphatic rings. The third kappa shape index (κ3) is 6.27. The van der Waals surface area contributed by atoms with E-state index in [0.29, 0.717) is 34.9 Å². The maximum absolute atomic E-state index is 12.4. The van der Waals surface area contributed by atoms with Gasteiger partial charge in [-0.25, -0.2) is 0 Å². The van der Waals surface area contributed by atoms with Crippen molar-refractivity contribution >= 4 is 40.3 Å². The summed E-state index contributed by atoms with van der Waals surface area (Å²) in [5.41, 5.74) is 2.36. The molecule has 33 heavy (non-hydrogen) atoms. The van der Waals surface area contributed by atoms with Crippen molar-refractivity contribution in [3.05, 3.63) is 77.2 Å². The molecule has 0 aromatic heterocycles. The Bertz CT molecular complexity index is 1010. The first kappa shape index (κ1) is 23.6. The third-order valence-electron chi connectivity index (χ3n) is 5.94. The Kier molecular flexibility index (Phi) is 8.24. The Balaban J connectivity index is 1.23. The number of ether oxygens (including phenoxy) is 2. The molecule has 1 amide bonds. The average molecular weight is 480 g/mol. The van der Waals surface area contributed by atoms with Crippen molar-refractivity contribution in [2.75, 3.05) is 19.8 Å². The monoisotopic (exact) mass is 479 g/mol. The van der Waals surface area contributed by atoms with Crippen LogP contribution < -0.4 is 9.47 Å². The van der Waals surface area contributed by atoms with Gasteiger partial charge in [0.15, 0.2) is 0 Å². The van der Waals surface area contributed by atoms with Crippen molar-refractivity contribution in [3.63, 3.8) is 0 Å². The normalized spacial score (nSPS) is 18.1. The fourth-order valence-corrected chi connectivity index (χ4v) is 5.46. The lowest BCUT2D eigenvalue weighted by Crippen LogP contribution is -2.27. The average Bonchev–Trinajstić information content (AvgIpc) is 3.11. The first-order valence-corrected chi connectivity index (χ1v) is 12.7. The zero-order valence-corrected chi connectivity index (χ0v) is 20.3. The minimum Gasteiger partial charge on any atom is -0.490 e. The number of thiocarbonyl (C=S) groups is 1. The van der Waals surface area contributed by atoms with E-state index in [1.54, 1.807) is 11.0 Å². The predicted molar refractivity (Wildman–Crippen MR) is 140 cm³/mol. The molecule has 0 spiro atoms. The van der Waals surface area contributed by atoms with Crippen LogP contribution in [0.4, 0.5) is 0 Å². The molecule has 0 radical (unpaired) electrons. The van der Waals surface area contributed by atoms with Crippen molar-refractivity contribution in [1.82, 2.24) is 4.90 Å². The maximum atomic E-state index is 12.4. The van der Waals surface area contributed by atoms with Crippen molar-refractivity contribution in [2.24, 2.45) is 0 Å². The van der Waals surface area contributed by atoms with E-state index in [4.69, 9.17) is 21.7 Å². The summed E-state index contributed by atoms with van der Waals surface area (Å²) >= 11 is 6.59. The first-order chi connectivity index (χ1) is 16.1. The number of thioether (sulfide) groups is 1. The van der Waals surface area contributed by atoms with Crippen molar-refractivity contribution < 1.29 is 14.3 Å². The lowest BCUT2D eigenvalue weighted by atomic mass is 9.84. The maximum Gasteiger partial charge on any atom is 0.266 e. The molecule has 0 N–H and O–H groups in total. The Morgan fingerprint density at radius 1 is 0.970 bits per heavy atom. The summed E-state index contributed by atoms with van der Waals surface area (Å²) in [4.78, 5) is 14.6. The van der Waals surface area contributed by atoms with Crippen LogP contribution in [-0.2, 0) is 4.79 Å². The Labute approximate surface area is 205 Å². The summed E-state index contributed by atoms with van der Waals surface area (Å²) < 4.78 is 12.2. The second-order valence-corrected chi connectivity index (χ2v) is 9.93. The first-order valence-electron chi connectivity index (χ1n) is 11.5. The molecule has 1 saturated carbocycles. The van der Waals surface area contributed by atoms with Gasteiger partial charge in [-0.05, 0) is 60.2 Å². The molecule has 0 atom stereocenters. The Morgan fingerprint density at radius 2 is 1.58 bits per heavy atom. The molecule has 1 saturated heterocycles. The van der Waals surface area contributed by atoms with Gasteiger partial charge in [0.1, 0.15) is 29.0 Å². The minimum atomic E-state index is -0.0749. The Morgan fingerprint density at radius 3 is 2.18 bits per heavy atom. The van der Waals surface area contributed by atoms with Gasteiger partial charge in [-0.15, -0.1) is 6.58 Å². The summed E-state index contributed by atoms with van der Waals surface area (Å²) in [6.45, 7) is 5.05. The van der Waals surface area contributed by atoms with Crippen LogP contribution in [0, 0.1) is 0 Å². The van der Waals surface area contributed by atoms with E-state index in [1.807, 2.05) is 30.3 Å². The van der Waals surface area contributed by atoms with Crippen LogP contribution in [0.25, 0.3) is 6.08 Å². The molecule has 2 fully saturated rings. The van der Waals surface area contributed by atoms with Gasteiger partial charge in [0.25, 0.3) is 5.91 Å². The molecular formula is C27H29NO3S2. The lowest BCUT2D eigenvalue weighted by molar-refractivity contribution is -0.121. The van der Waals surface area contributed by atoms with Gasteiger partial charge in [0, 0.05) is 6.54 Å². The van der Waals surface area contributed by atoms with Crippen LogP contribution in [0.15, 0.2) is 66.1 Å². The highest BCUT2D eigenvalue weighted by atomic mass is 32.2. The molecule has 0 unspecified atom stereocenters. The van der Waals surface area contributed by atoms with Crippen LogP contribution in [0.3, 0.4) is 0 Å². The van der Waals surface area contributed by atoms with E-state index < -0.39 is 0 Å². The van der Waals surface area contributed by atoms with E-state index in [-0.39, 0.29) is 5.91 Å². The Hall–Kier alpha value is -2.57. The van der Waals surface area contributed by atoms with Gasteiger partial charge in [-0.2, -0.15) is 0 Å². The molecular weight excluding hydrogens is 450 g/mol. The molecule has 4 rings (SSSR count). The highest BCUT2D eigenvalue weighted by Crippen LogP contribution is 2.34. The fourth-order valence-electron chi connectivity index (χ4n) is 4.19. The van der Waals surface area contributed by atoms with Crippen LogP contribution in [0.5, 0.6) is 11.5 Å². The molecule has 172 valence electrons. The second kappa shape index (κ2) is 11.5. The number of carbonyl (C=O) groups is 1. The molecule has 1 heterocycles. The van der Waals surface area contributed by atoms with Crippen LogP contribution >= 0.6 is 24.0 Å². The summed E-state index contributed by atoms with van der Waals surface area (Å²) in [5.74, 6) is 2.28. The SMILES string of the molecule is C=CCN1C(=O)C(=Cc2ccc(OCCOc3ccc(C4CCCCC4)cc3)cc2)SC1=S. The third-order valence-corrected chi connectivity index (χ3v) is 7.32. The number of nitrogens with zero attached hydrogens (tertiary/aromatic N) is 1. The molecule has 6 heteroatoms. The standard InChI is InChI=1S/C27H29NO3S2/c1-2-16-28-26(29)25(33-27(28)32)19-20-8-12-23(13-9-20)30-17-18-31-24-14-10-22(11-15-24)21-6-4-3-5-7-21/h2,8-15,19,21H,1,3-7,16-18H2. The number of benzene rings is 2. The number of amides is 1. The zero-order valence-electron chi connectivity index (χ0n) is 18.7. The molecule has 0 bridgehead atoms. The predicted octanol–water partition coefficient (Wildman–Crippen LogP) is 6.58. The summed E-state index contributed by atoms with van der Waals surface area (Å²) in [5, 5.41) is 0. The topological polar surface area (TPSA) is 38.8 Å². The molecule has 2 aromatic rings. The lowest BCUT2D eigenvalue weighted by Gasteiger charge is -2.22. The number of hydrogen-bond acceptors (Lipinski definition) is 5. The van der Waals surface area contributed by atoms with Gasteiger partial charge < -0.3 is 9.47 Å². The second-order valence-electron chi connectivity index (χ2n) is 8.25. The van der Waals surface area contributed by atoms with E-state index in [0.717, 1.165) is 17.1 Å². The molecule has 2 aromatic carbocycles. The molecule has 1 aliphatic heterocycles. The van der Waals surface area contributed by atoms with E-state index in [9.17, 15) is 4.79 Å². The van der Waals surface area contributed by atoms with E-state index in [1.165, 1.54) is 49.4 Å². The van der Waals surface area contributed by atoms with Gasteiger partial charge >= 0.3 is 0 Å². The van der Waals surface area contributed by atoms with Crippen LogP contribution in [-0.4, -0.2) is 34.9 Å². The van der Waals surface area contributed by atoms with Crippen LogP contribution in [0.1, 0.15) is 49.1 Å². The van der Waals surface area contributed by atoms with Gasteiger partial charge in [0.05, 0.1) is 4.91 Å². The van der Waals surface area contributed by atoms with Gasteiger partial charge in [0.2, 0.25) is 0 Å². The molecule has 4 nitrogen and oxygen atoms in total. The van der Waals surface area contributed by atoms with Crippen molar-refractivity contribution in [2.45, 2.75) is 38.0 Å². The number of rotatable bonds is 9. The van der Waals surface area contributed by atoms with Gasteiger partial charge in [-0.3, -0.25) is 9.69 Å². The highest BCUT2D eigenvalue weighted by molar-refractivity contribution is 8.26. The summed E-state index contributed by atoms with van der Waals surface area (Å²) in [6, 6.07) is 16.2. The van der Waals surface area contributed by atoms with E-state index >= 15 is 0 Å². The number of carbonyl (C=O) groups excluding carboxylic acids is 1. The highest BCUT2D eigenvalue weighted by Gasteiger charge is 2.30. The van der Waals surface area contributed by atoms with Crippen molar-refractivity contribution in [3.8, 4) is 11.5 Å². The largest absolute Gasteiger partial charge is 0.490 e. The van der Waals surface area contributed by atoms with Crippen LogP contribution in [0.2, 0.25) is 0 Å². The fraction of sp³-hybridized carbons (Fsp3) is 0.333. The smallest absolute Gasteiger partial charge is 0.266 e. The molecule has 1 aliphatic carbocycles. The zero-order chi connectivity index (χ0) is 23.0. The van der Waals surface area contributed by atoms with Crippen molar-refractivity contribution in [1.29, 1.82) is 0 Å². The summed E-state index contributed by atoms with van der Waals surface area (Å²) in [6.07, 6.45) is 10.2. The van der Waals surface area contributed by atoms with Gasteiger partial charge in [-0.1, -0.05) is 73.6 Å².